The maximum absolute atomic E-state index is 12.4. The average molecular weight is 354 g/mol. The molecule has 0 radical (unpaired) electrons. The Labute approximate surface area is 151 Å². The first kappa shape index (κ1) is 21.5. The largest absolute Gasteiger partial charge is 0.344 e. The number of rotatable bonds is 6. The minimum Gasteiger partial charge on any atom is -0.344 e. The first-order valence-corrected chi connectivity index (χ1v) is 9.89. The second kappa shape index (κ2) is 11.9. The molecule has 0 bridgehead atoms. The minimum absolute atomic E-state index is 0.0341. The Morgan fingerprint density at radius 1 is 0.840 bits per heavy atom. The lowest BCUT2D eigenvalue weighted by molar-refractivity contribution is -0.134. The molecule has 2 atom stereocenters. The van der Waals surface area contributed by atoms with E-state index in [1.807, 2.05) is 20.8 Å². The third-order valence-corrected chi connectivity index (χ3v) is 5.14. The molecule has 1 aliphatic rings. The van der Waals surface area contributed by atoms with E-state index < -0.39 is 6.04 Å². The van der Waals surface area contributed by atoms with Gasteiger partial charge >= 0.3 is 0 Å². The Hall–Kier alpha value is -1.59. The van der Waals surface area contributed by atoms with Crippen molar-refractivity contribution in [3.05, 3.63) is 0 Å². The number of hydrogen-bond donors (Lipinski definition) is 3. The van der Waals surface area contributed by atoms with E-state index in [0.717, 1.165) is 32.1 Å². The van der Waals surface area contributed by atoms with Crippen molar-refractivity contribution in [1.82, 2.24) is 16.2 Å². The van der Waals surface area contributed by atoms with E-state index in [1.54, 1.807) is 0 Å². The highest BCUT2D eigenvalue weighted by molar-refractivity contribution is 5.90. The standard InChI is InChI=1S/C19H35N3O3/c1-4-14(3)17(23)20-16(5-2)19(25)22-21-18(24)15-12-10-8-6-7-9-11-13-15/h14-16H,4-13H2,1-3H3,(H,20,23)(H,21,24)(H,22,25). The first-order chi connectivity index (χ1) is 12.0. The molecule has 2 unspecified atom stereocenters. The molecule has 0 aromatic rings. The molecule has 1 saturated carbocycles. The van der Waals surface area contributed by atoms with Crippen LogP contribution in [-0.2, 0) is 14.4 Å². The van der Waals surface area contributed by atoms with Gasteiger partial charge in [-0.2, -0.15) is 0 Å². The number of hydrazine groups is 1. The Morgan fingerprint density at radius 3 is 1.92 bits per heavy atom. The van der Waals surface area contributed by atoms with Crippen LogP contribution >= 0.6 is 0 Å². The predicted octanol–water partition coefficient (Wildman–Crippen LogP) is 2.83. The number of nitrogens with one attached hydrogen (secondary N) is 3. The molecule has 3 amide bonds. The second-order valence-corrected chi connectivity index (χ2v) is 7.15. The SMILES string of the molecule is CCC(C)C(=O)NC(CC)C(=O)NNC(=O)C1CCCCCCCC1. The number of amides is 3. The fourth-order valence-corrected chi connectivity index (χ4v) is 3.06. The molecule has 25 heavy (non-hydrogen) atoms. The van der Waals surface area contributed by atoms with Gasteiger partial charge in [0.25, 0.3) is 5.91 Å². The maximum Gasteiger partial charge on any atom is 0.260 e. The van der Waals surface area contributed by atoms with Gasteiger partial charge in [0, 0.05) is 11.8 Å². The highest BCUT2D eigenvalue weighted by Crippen LogP contribution is 2.21. The van der Waals surface area contributed by atoms with Gasteiger partial charge in [0.1, 0.15) is 6.04 Å². The third kappa shape index (κ3) is 7.88. The predicted molar refractivity (Wildman–Crippen MR) is 98.4 cm³/mol. The van der Waals surface area contributed by atoms with E-state index in [-0.39, 0.29) is 29.6 Å². The summed E-state index contributed by atoms with van der Waals surface area (Å²) in [6.07, 6.45) is 9.94. The summed E-state index contributed by atoms with van der Waals surface area (Å²) in [5, 5.41) is 2.74. The summed E-state index contributed by atoms with van der Waals surface area (Å²) in [4.78, 5) is 36.6. The molecule has 6 nitrogen and oxygen atoms in total. The zero-order chi connectivity index (χ0) is 18.7. The molecule has 0 spiro atoms. The molecule has 0 heterocycles. The molecule has 6 heteroatoms. The topological polar surface area (TPSA) is 87.3 Å². The molecule has 0 aromatic heterocycles. The Kier molecular flexibility index (Phi) is 10.2. The minimum atomic E-state index is -0.623. The summed E-state index contributed by atoms with van der Waals surface area (Å²) in [6, 6.07) is -0.623. The summed E-state index contributed by atoms with van der Waals surface area (Å²) in [5.74, 6) is -0.774. The van der Waals surface area contributed by atoms with Gasteiger partial charge in [-0.1, -0.05) is 59.3 Å². The van der Waals surface area contributed by atoms with Crippen molar-refractivity contribution >= 4 is 17.7 Å². The van der Waals surface area contributed by atoms with Crippen LogP contribution in [0.2, 0.25) is 0 Å². The van der Waals surface area contributed by atoms with Crippen LogP contribution in [0.1, 0.15) is 85.0 Å². The second-order valence-electron chi connectivity index (χ2n) is 7.15. The lowest BCUT2D eigenvalue weighted by atomic mass is 9.96. The van der Waals surface area contributed by atoms with Crippen molar-refractivity contribution in [1.29, 1.82) is 0 Å². The summed E-state index contributed by atoms with van der Waals surface area (Å²) in [6.45, 7) is 5.60. The van der Waals surface area contributed by atoms with Gasteiger partial charge in [-0.3, -0.25) is 25.2 Å². The lowest BCUT2D eigenvalue weighted by Crippen LogP contribution is -2.53. The van der Waals surface area contributed by atoms with Gasteiger partial charge in [-0.05, 0) is 25.7 Å². The normalized spacial score (nSPS) is 18.8. The quantitative estimate of drug-likeness (QED) is 0.642. The molecular formula is C19H35N3O3. The summed E-state index contributed by atoms with van der Waals surface area (Å²) < 4.78 is 0. The fourth-order valence-electron chi connectivity index (χ4n) is 3.06. The zero-order valence-electron chi connectivity index (χ0n) is 16.0. The highest BCUT2D eigenvalue weighted by atomic mass is 16.2. The van der Waals surface area contributed by atoms with Crippen LogP contribution in [-0.4, -0.2) is 23.8 Å². The molecule has 0 aromatic carbocycles. The molecular weight excluding hydrogens is 318 g/mol. The van der Waals surface area contributed by atoms with Gasteiger partial charge in [0.15, 0.2) is 0 Å². The Balaban J connectivity index is 2.46. The molecule has 0 aliphatic heterocycles. The van der Waals surface area contributed by atoms with Crippen LogP contribution in [0.3, 0.4) is 0 Å². The van der Waals surface area contributed by atoms with Gasteiger partial charge < -0.3 is 5.32 Å². The molecule has 1 fully saturated rings. The molecule has 144 valence electrons. The van der Waals surface area contributed by atoms with Crippen molar-refractivity contribution in [3.63, 3.8) is 0 Å². The van der Waals surface area contributed by atoms with E-state index >= 15 is 0 Å². The number of carbonyl (C=O) groups is 3. The van der Waals surface area contributed by atoms with Gasteiger partial charge in [-0.25, -0.2) is 0 Å². The van der Waals surface area contributed by atoms with Gasteiger partial charge in [0.05, 0.1) is 0 Å². The van der Waals surface area contributed by atoms with E-state index in [2.05, 4.69) is 16.2 Å². The van der Waals surface area contributed by atoms with Crippen LogP contribution in [0.4, 0.5) is 0 Å². The van der Waals surface area contributed by atoms with Crippen molar-refractivity contribution in [2.75, 3.05) is 0 Å². The Bertz CT molecular complexity index is 430. The smallest absolute Gasteiger partial charge is 0.260 e. The Morgan fingerprint density at radius 2 is 1.40 bits per heavy atom. The van der Waals surface area contributed by atoms with Crippen LogP contribution in [0.15, 0.2) is 0 Å². The molecule has 3 N–H and O–H groups in total. The monoisotopic (exact) mass is 353 g/mol. The third-order valence-electron chi connectivity index (χ3n) is 5.14. The van der Waals surface area contributed by atoms with Crippen molar-refractivity contribution in [2.24, 2.45) is 11.8 Å². The number of carbonyl (C=O) groups excluding carboxylic acids is 3. The van der Waals surface area contributed by atoms with E-state index in [1.165, 1.54) is 25.7 Å². The van der Waals surface area contributed by atoms with Crippen molar-refractivity contribution in [3.8, 4) is 0 Å². The first-order valence-electron chi connectivity index (χ1n) is 9.89. The molecule has 0 saturated heterocycles. The molecule has 1 aliphatic carbocycles. The van der Waals surface area contributed by atoms with E-state index in [9.17, 15) is 14.4 Å². The fraction of sp³-hybridized carbons (Fsp3) is 0.842. The maximum atomic E-state index is 12.4. The van der Waals surface area contributed by atoms with E-state index in [0.29, 0.717) is 6.42 Å². The van der Waals surface area contributed by atoms with Crippen LogP contribution in [0.25, 0.3) is 0 Å². The molecule has 1 rings (SSSR count). The van der Waals surface area contributed by atoms with E-state index in [4.69, 9.17) is 0 Å². The zero-order valence-corrected chi connectivity index (χ0v) is 16.0. The van der Waals surface area contributed by atoms with Crippen LogP contribution in [0.5, 0.6) is 0 Å². The lowest BCUT2D eigenvalue weighted by Gasteiger charge is -2.21. The highest BCUT2D eigenvalue weighted by Gasteiger charge is 2.23. The number of hydrogen-bond acceptors (Lipinski definition) is 3. The van der Waals surface area contributed by atoms with Crippen molar-refractivity contribution in [2.45, 2.75) is 91.0 Å². The van der Waals surface area contributed by atoms with Crippen LogP contribution < -0.4 is 16.2 Å². The summed E-state index contributed by atoms with van der Waals surface area (Å²) in [7, 11) is 0. The van der Waals surface area contributed by atoms with Crippen molar-refractivity contribution < 1.29 is 14.4 Å². The summed E-state index contributed by atoms with van der Waals surface area (Å²) in [5.41, 5.74) is 5.05. The summed E-state index contributed by atoms with van der Waals surface area (Å²) >= 11 is 0. The van der Waals surface area contributed by atoms with Gasteiger partial charge in [0.2, 0.25) is 11.8 Å². The van der Waals surface area contributed by atoms with Crippen LogP contribution in [0, 0.1) is 11.8 Å². The average Bonchev–Trinajstić information content (AvgIpc) is 2.76. The van der Waals surface area contributed by atoms with Gasteiger partial charge in [-0.15, -0.1) is 0 Å².